The van der Waals surface area contributed by atoms with Crippen LogP contribution < -0.4 is 15.6 Å². The van der Waals surface area contributed by atoms with Gasteiger partial charge in [-0.2, -0.15) is 0 Å². The first-order chi connectivity index (χ1) is 13.0. The minimum absolute atomic E-state index is 0.0346. The van der Waals surface area contributed by atoms with Crippen LogP contribution in [0.1, 0.15) is 32.5 Å². The van der Waals surface area contributed by atoms with Crippen molar-refractivity contribution in [2.45, 2.75) is 39.2 Å². The van der Waals surface area contributed by atoms with Gasteiger partial charge in [0, 0.05) is 37.0 Å². The Labute approximate surface area is 156 Å². The Kier molecular flexibility index (Phi) is 5.54. The first kappa shape index (κ1) is 18.6. The van der Waals surface area contributed by atoms with Crippen LogP contribution in [0.3, 0.4) is 0 Å². The molecule has 0 saturated heterocycles. The summed E-state index contributed by atoms with van der Waals surface area (Å²) in [7, 11) is 1.59. The average Bonchev–Trinajstić information content (AvgIpc) is 3.10. The highest BCUT2D eigenvalue weighted by molar-refractivity contribution is 5.76. The molecule has 3 rings (SSSR count). The molecular weight excluding hydrogens is 346 g/mol. The van der Waals surface area contributed by atoms with Gasteiger partial charge in [0.1, 0.15) is 11.6 Å². The molecule has 0 aliphatic heterocycles. The quantitative estimate of drug-likeness (QED) is 0.685. The molecule has 27 heavy (non-hydrogen) atoms. The molecule has 1 amide bonds. The monoisotopic (exact) mass is 369 g/mol. The van der Waals surface area contributed by atoms with Gasteiger partial charge < -0.3 is 10.1 Å². The first-order valence-corrected chi connectivity index (χ1v) is 8.92. The van der Waals surface area contributed by atoms with E-state index in [2.05, 4.69) is 15.5 Å². The topological polar surface area (TPSA) is 90.5 Å². The third kappa shape index (κ3) is 3.99. The second-order valence-corrected chi connectivity index (χ2v) is 6.36. The van der Waals surface area contributed by atoms with E-state index < -0.39 is 0 Å². The van der Waals surface area contributed by atoms with Crippen molar-refractivity contribution in [3.05, 3.63) is 52.8 Å². The number of fused-ring (bicyclic) bond motifs is 1. The minimum Gasteiger partial charge on any atom is -0.497 e. The van der Waals surface area contributed by atoms with E-state index in [9.17, 15) is 9.59 Å². The zero-order valence-corrected chi connectivity index (χ0v) is 15.7. The number of aryl methyl sites for hydroxylation is 1. The van der Waals surface area contributed by atoms with Gasteiger partial charge in [0.25, 0.3) is 0 Å². The van der Waals surface area contributed by atoms with Gasteiger partial charge in [0.15, 0.2) is 0 Å². The molecular formula is C19H23N5O3. The maximum Gasteiger partial charge on any atom is 0.300 e. The van der Waals surface area contributed by atoms with Crippen molar-refractivity contribution < 1.29 is 9.53 Å². The summed E-state index contributed by atoms with van der Waals surface area (Å²) in [6, 6.07) is 7.32. The van der Waals surface area contributed by atoms with Crippen molar-refractivity contribution >= 4 is 11.6 Å². The zero-order chi connectivity index (χ0) is 19.4. The molecule has 2 aromatic heterocycles. The van der Waals surface area contributed by atoms with E-state index in [1.165, 1.54) is 4.57 Å². The number of hydrogen-bond acceptors (Lipinski definition) is 5. The standard InChI is InChI=1S/C19H23N5O3/c1-4-13(2)20-17(25)10-9-16-21-22-18-19(26)23(11-12-24(16)18)14-5-7-15(27-3)8-6-14/h5-8,11-13H,4,9-10H2,1-3H3,(H,20,25)/t13-/m0/s1. The van der Waals surface area contributed by atoms with Gasteiger partial charge in [-0.1, -0.05) is 6.92 Å². The van der Waals surface area contributed by atoms with Gasteiger partial charge in [-0.3, -0.25) is 18.6 Å². The molecule has 8 nitrogen and oxygen atoms in total. The molecule has 0 radical (unpaired) electrons. The van der Waals surface area contributed by atoms with Crippen molar-refractivity contribution in [2.75, 3.05) is 7.11 Å². The summed E-state index contributed by atoms with van der Waals surface area (Å²) in [4.78, 5) is 24.7. The van der Waals surface area contributed by atoms with Crippen molar-refractivity contribution in [2.24, 2.45) is 0 Å². The maximum atomic E-state index is 12.7. The highest BCUT2D eigenvalue weighted by Crippen LogP contribution is 2.14. The molecule has 2 heterocycles. The molecule has 3 aromatic rings. The van der Waals surface area contributed by atoms with Crippen molar-refractivity contribution in [3.63, 3.8) is 0 Å². The molecule has 1 atom stereocenters. The number of aromatic nitrogens is 4. The van der Waals surface area contributed by atoms with Crippen LogP contribution in [-0.4, -0.2) is 38.2 Å². The molecule has 0 saturated carbocycles. The van der Waals surface area contributed by atoms with Crippen LogP contribution in [0.25, 0.3) is 11.3 Å². The smallest absolute Gasteiger partial charge is 0.300 e. The van der Waals surface area contributed by atoms with Crippen LogP contribution in [0.2, 0.25) is 0 Å². The molecule has 0 aliphatic carbocycles. The number of nitrogens with zero attached hydrogens (tertiary/aromatic N) is 4. The summed E-state index contributed by atoms with van der Waals surface area (Å²) in [5.41, 5.74) is 0.664. The number of carbonyl (C=O) groups excluding carboxylic acids is 1. The third-order valence-electron chi connectivity index (χ3n) is 4.49. The SMILES string of the molecule is CC[C@H](C)NC(=O)CCc1nnc2c(=O)n(-c3ccc(OC)cc3)ccn12. The molecule has 0 bridgehead atoms. The Morgan fingerprint density at radius 2 is 1.96 bits per heavy atom. The van der Waals surface area contributed by atoms with Crippen molar-refractivity contribution in [1.82, 2.24) is 24.5 Å². The van der Waals surface area contributed by atoms with Gasteiger partial charge >= 0.3 is 5.56 Å². The van der Waals surface area contributed by atoms with Gasteiger partial charge in [-0.25, -0.2) is 0 Å². The number of benzene rings is 1. The van der Waals surface area contributed by atoms with Crippen molar-refractivity contribution in [3.8, 4) is 11.4 Å². The van der Waals surface area contributed by atoms with Crippen LogP contribution in [0.15, 0.2) is 41.5 Å². The second kappa shape index (κ2) is 8.03. The lowest BCUT2D eigenvalue weighted by atomic mass is 10.2. The Bertz CT molecular complexity index is 991. The Balaban J connectivity index is 1.82. The number of carbonyl (C=O) groups is 1. The molecule has 142 valence electrons. The van der Waals surface area contributed by atoms with E-state index in [4.69, 9.17) is 4.74 Å². The number of hydrogen-bond donors (Lipinski definition) is 1. The molecule has 0 spiro atoms. The van der Waals surface area contributed by atoms with Gasteiger partial charge in [-0.15, -0.1) is 10.2 Å². The summed E-state index contributed by atoms with van der Waals surface area (Å²) in [6.07, 6.45) is 5.00. The van der Waals surface area contributed by atoms with Crippen LogP contribution in [0.4, 0.5) is 0 Å². The van der Waals surface area contributed by atoms with Crippen LogP contribution in [0, 0.1) is 0 Å². The summed E-state index contributed by atoms with van der Waals surface area (Å²) in [5.74, 6) is 1.27. The first-order valence-electron chi connectivity index (χ1n) is 8.92. The lowest BCUT2D eigenvalue weighted by molar-refractivity contribution is -0.121. The fourth-order valence-corrected chi connectivity index (χ4v) is 2.73. The zero-order valence-electron chi connectivity index (χ0n) is 15.7. The van der Waals surface area contributed by atoms with E-state index in [1.807, 2.05) is 13.8 Å². The molecule has 1 N–H and O–H groups in total. The normalized spacial score (nSPS) is 12.1. The Morgan fingerprint density at radius 1 is 1.22 bits per heavy atom. The lowest BCUT2D eigenvalue weighted by Crippen LogP contribution is -2.32. The molecule has 0 aliphatic rings. The number of methoxy groups -OCH3 is 1. The fraction of sp³-hybridized carbons (Fsp3) is 0.368. The number of nitrogens with one attached hydrogen (secondary N) is 1. The van der Waals surface area contributed by atoms with Crippen LogP contribution >= 0.6 is 0 Å². The second-order valence-electron chi connectivity index (χ2n) is 6.36. The van der Waals surface area contributed by atoms with Crippen LogP contribution in [0.5, 0.6) is 5.75 Å². The Hall–Kier alpha value is -3.16. The molecule has 0 unspecified atom stereocenters. The number of rotatable bonds is 7. The minimum atomic E-state index is -0.273. The largest absolute Gasteiger partial charge is 0.497 e. The highest BCUT2D eigenvalue weighted by Gasteiger charge is 2.13. The summed E-state index contributed by atoms with van der Waals surface area (Å²) in [5, 5.41) is 11.0. The number of amides is 1. The average molecular weight is 369 g/mol. The van der Waals surface area contributed by atoms with E-state index in [0.29, 0.717) is 30.1 Å². The fourth-order valence-electron chi connectivity index (χ4n) is 2.73. The highest BCUT2D eigenvalue weighted by atomic mass is 16.5. The molecule has 8 heteroatoms. The summed E-state index contributed by atoms with van der Waals surface area (Å²) < 4.78 is 8.28. The predicted octanol–water partition coefficient (Wildman–Crippen LogP) is 1.74. The number of ether oxygens (including phenoxy) is 1. The summed E-state index contributed by atoms with van der Waals surface area (Å²) >= 11 is 0. The predicted molar refractivity (Wildman–Crippen MR) is 101 cm³/mol. The third-order valence-corrected chi connectivity index (χ3v) is 4.49. The summed E-state index contributed by atoms with van der Waals surface area (Å²) in [6.45, 7) is 3.98. The van der Waals surface area contributed by atoms with E-state index >= 15 is 0 Å². The van der Waals surface area contributed by atoms with E-state index in [1.54, 1.807) is 48.2 Å². The van der Waals surface area contributed by atoms with E-state index in [0.717, 1.165) is 6.42 Å². The Morgan fingerprint density at radius 3 is 2.63 bits per heavy atom. The van der Waals surface area contributed by atoms with Gasteiger partial charge in [0.05, 0.1) is 7.11 Å². The van der Waals surface area contributed by atoms with Gasteiger partial charge in [-0.05, 0) is 37.6 Å². The van der Waals surface area contributed by atoms with E-state index in [-0.39, 0.29) is 23.2 Å². The molecule has 1 aromatic carbocycles. The van der Waals surface area contributed by atoms with Crippen LogP contribution in [-0.2, 0) is 11.2 Å². The van der Waals surface area contributed by atoms with Gasteiger partial charge in [0.2, 0.25) is 11.6 Å². The lowest BCUT2D eigenvalue weighted by Gasteiger charge is -2.10. The van der Waals surface area contributed by atoms with Crippen molar-refractivity contribution in [1.29, 1.82) is 0 Å². The molecule has 0 fully saturated rings. The maximum absolute atomic E-state index is 12.7.